The van der Waals surface area contributed by atoms with E-state index in [2.05, 4.69) is 16.5 Å². The quantitative estimate of drug-likeness (QED) is 0.661. The molecule has 28 heavy (non-hydrogen) atoms. The van der Waals surface area contributed by atoms with Gasteiger partial charge in [0, 0.05) is 44.4 Å². The second-order valence-corrected chi connectivity index (χ2v) is 7.25. The van der Waals surface area contributed by atoms with E-state index in [0.717, 1.165) is 41.9 Å². The number of carbonyl (C=O) groups excluding carboxylic acids is 1. The van der Waals surface area contributed by atoms with Gasteiger partial charge in [-0.2, -0.15) is 0 Å². The first kappa shape index (κ1) is 18.6. The molecule has 3 aromatic rings. The van der Waals surface area contributed by atoms with E-state index in [1.165, 1.54) is 5.56 Å². The summed E-state index contributed by atoms with van der Waals surface area (Å²) in [5.74, 6) is 1.31. The lowest BCUT2D eigenvalue weighted by Gasteiger charge is -2.17. The third-order valence-corrected chi connectivity index (χ3v) is 5.50. The Bertz CT molecular complexity index is 964. The summed E-state index contributed by atoms with van der Waals surface area (Å²) in [6.07, 6.45) is 3.68. The first-order chi connectivity index (χ1) is 13.7. The molecule has 3 heterocycles. The lowest BCUT2D eigenvalue weighted by atomic mass is 10.1. The molecule has 1 aromatic carbocycles. The van der Waals surface area contributed by atoms with Crippen molar-refractivity contribution in [2.45, 2.75) is 32.2 Å². The Kier molecular flexibility index (Phi) is 5.39. The van der Waals surface area contributed by atoms with Gasteiger partial charge in [-0.1, -0.05) is 19.1 Å². The van der Waals surface area contributed by atoms with Crippen molar-refractivity contribution in [3.05, 3.63) is 59.5 Å². The van der Waals surface area contributed by atoms with E-state index in [1.807, 2.05) is 41.3 Å². The minimum atomic E-state index is 0.0998. The van der Waals surface area contributed by atoms with Gasteiger partial charge in [0.2, 0.25) is 0 Å². The van der Waals surface area contributed by atoms with Gasteiger partial charge < -0.3 is 14.2 Å². The molecule has 0 aliphatic carbocycles. The number of carbonyl (C=O) groups is 1. The van der Waals surface area contributed by atoms with Gasteiger partial charge in [-0.15, -0.1) is 0 Å². The molecule has 2 aromatic heterocycles. The number of aryl methyl sites for hydroxylation is 1. The van der Waals surface area contributed by atoms with Crippen molar-refractivity contribution < 1.29 is 9.53 Å². The highest BCUT2D eigenvalue weighted by Gasteiger charge is 2.31. The van der Waals surface area contributed by atoms with E-state index >= 15 is 0 Å². The van der Waals surface area contributed by atoms with Crippen LogP contribution in [0.25, 0.3) is 11.2 Å². The molecule has 0 spiro atoms. The highest BCUT2D eigenvalue weighted by atomic mass is 16.5. The number of aromatic nitrogens is 3. The predicted molar refractivity (Wildman–Crippen MR) is 108 cm³/mol. The summed E-state index contributed by atoms with van der Waals surface area (Å²) < 4.78 is 7.42. The number of fused-ring (bicyclic) bond motifs is 1. The molecule has 1 amide bonds. The number of hydrogen-bond donors (Lipinski definition) is 0. The fourth-order valence-electron chi connectivity index (χ4n) is 3.91. The molecule has 0 N–H and O–H groups in total. The smallest absolute Gasteiger partial charge is 0.253 e. The molecule has 146 valence electrons. The fourth-order valence-corrected chi connectivity index (χ4v) is 3.91. The Hall–Kier alpha value is -2.73. The molecule has 4 rings (SSSR count). The minimum absolute atomic E-state index is 0.0998. The third kappa shape index (κ3) is 3.52. The lowest BCUT2D eigenvalue weighted by Crippen LogP contribution is -2.28. The van der Waals surface area contributed by atoms with Crippen LogP contribution in [0.1, 0.15) is 41.0 Å². The predicted octanol–water partition coefficient (Wildman–Crippen LogP) is 3.27. The molecule has 0 bridgehead atoms. The molecule has 1 saturated heterocycles. The maximum absolute atomic E-state index is 12.9. The molecule has 1 atom stereocenters. The standard InChI is InChI=1S/C22H26N4O2/c1-3-16-6-8-17(9-7-16)22(27)25-12-10-18(15-25)20-24-19-5-4-11-23-21(19)26(20)13-14-28-2/h4-9,11,18H,3,10,12-15H2,1-2H3/t18-/m1/s1. The number of likely N-dealkylation sites (tertiary alicyclic amines) is 1. The van der Waals surface area contributed by atoms with Crippen molar-refractivity contribution in [3.63, 3.8) is 0 Å². The van der Waals surface area contributed by atoms with Gasteiger partial charge in [0.05, 0.1) is 6.61 Å². The van der Waals surface area contributed by atoms with Crippen LogP contribution >= 0.6 is 0 Å². The molecular weight excluding hydrogens is 352 g/mol. The number of methoxy groups -OCH3 is 1. The van der Waals surface area contributed by atoms with Crippen molar-refractivity contribution in [2.75, 3.05) is 26.8 Å². The number of rotatable bonds is 6. The molecular formula is C22H26N4O2. The molecule has 0 saturated carbocycles. The van der Waals surface area contributed by atoms with Crippen LogP contribution in [0, 0.1) is 0 Å². The maximum atomic E-state index is 12.9. The number of amides is 1. The SMILES string of the molecule is CCc1ccc(C(=O)N2CC[C@@H](c3nc4cccnc4n3CCOC)C2)cc1. The number of nitrogens with zero attached hydrogens (tertiary/aromatic N) is 4. The Morgan fingerprint density at radius 1 is 1.25 bits per heavy atom. The van der Waals surface area contributed by atoms with E-state index in [9.17, 15) is 4.79 Å². The summed E-state index contributed by atoms with van der Waals surface area (Å²) in [7, 11) is 1.70. The molecule has 1 fully saturated rings. The van der Waals surface area contributed by atoms with E-state index in [-0.39, 0.29) is 11.8 Å². The molecule has 1 aliphatic heterocycles. The minimum Gasteiger partial charge on any atom is -0.383 e. The summed E-state index contributed by atoms with van der Waals surface area (Å²) in [6, 6.07) is 11.8. The zero-order chi connectivity index (χ0) is 19.5. The van der Waals surface area contributed by atoms with Crippen molar-refractivity contribution in [1.29, 1.82) is 0 Å². The summed E-state index contributed by atoms with van der Waals surface area (Å²) >= 11 is 0. The first-order valence-electron chi connectivity index (χ1n) is 9.89. The topological polar surface area (TPSA) is 60.2 Å². The monoisotopic (exact) mass is 378 g/mol. The first-order valence-corrected chi connectivity index (χ1v) is 9.89. The van der Waals surface area contributed by atoms with Crippen molar-refractivity contribution in [2.24, 2.45) is 0 Å². The largest absolute Gasteiger partial charge is 0.383 e. The summed E-state index contributed by atoms with van der Waals surface area (Å²) in [4.78, 5) is 24.2. The Labute approximate surface area is 165 Å². The number of pyridine rings is 1. The van der Waals surface area contributed by atoms with Gasteiger partial charge in [0.1, 0.15) is 11.3 Å². The average Bonchev–Trinajstić information content (AvgIpc) is 3.36. The Morgan fingerprint density at radius 2 is 2.07 bits per heavy atom. The molecule has 6 heteroatoms. The highest BCUT2D eigenvalue weighted by Crippen LogP contribution is 2.30. The second-order valence-electron chi connectivity index (χ2n) is 7.25. The fraction of sp³-hybridized carbons (Fsp3) is 0.409. The normalized spacial score (nSPS) is 16.8. The van der Waals surface area contributed by atoms with Gasteiger partial charge in [0.25, 0.3) is 5.91 Å². The van der Waals surface area contributed by atoms with Crippen molar-refractivity contribution in [1.82, 2.24) is 19.4 Å². The number of hydrogen-bond acceptors (Lipinski definition) is 4. The van der Waals surface area contributed by atoms with Crippen molar-refractivity contribution >= 4 is 17.1 Å². The molecule has 6 nitrogen and oxygen atoms in total. The molecule has 1 aliphatic rings. The van der Waals surface area contributed by atoms with Gasteiger partial charge in [-0.25, -0.2) is 9.97 Å². The number of benzene rings is 1. The Balaban J connectivity index is 1.55. The van der Waals surface area contributed by atoms with Crippen LogP contribution in [-0.4, -0.2) is 52.1 Å². The summed E-state index contributed by atoms with van der Waals surface area (Å²) in [5.41, 5.74) is 3.78. The number of imidazole rings is 1. The third-order valence-electron chi connectivity index (χ3n) is 5.50. The highest BCUT2D eigenvalue weighted by molar-refractivity contribution is 5.94. The van der Waals surface area contributed by atoms with Crippen LogP contribution < -0.4 is 0 Å². The number of ether oxygens (including phenoxy) is 1. The lowest BCUT2D eigenvalue weighted by molar-refractivity contribution is 0.0790. The second kappa shape index (κ2) is 8.10. The van der Waals surface area contributed by atoms with Crippen LogP contribution in [0.5, 0.6) is 0 Å². The average molecular weight is 378 g/mol. The van der Waals surface area contributed by atoms with Crippen LogP contribution in [0.4, 0.5) is 0 Å². The summed E-state index contributed by atoms with van der Waals surface area (Å²) in [5, 5.41) is 0. The van der Waals surface area contributed by atoms with E-state index in [4.69, 9.17) is 9.72 Å². The van der Waals surface area contributed by atoms with Crippen molar-refractivity contribution in [3.8, 4) is 0 Å². The van der Waals surface area contributed by atoms with Crippen LogP contribution in [-0.2, 0) is 17.7 Å². The van der Waals surface area contributed by atoms with Crippen LogP contribution in [0.15, 0.2) is 42.6 Å². The zero-order valence-corrected chi connectivity index (χ0v) is 16.5. The van der Waals surface area contributed by atoms with Gasteiger partial charge in [-0.3, -0.25) is 4.79 Å². The summed E-state index contributed by atoms with van der Waals surface area (Å²) in [6.45, 7) is 4.87. The van der Waals surface area contributed by atoms with E-state index in [1.54, 1.807) is 13.3 Å². The van der Waals surface area contributed by atoms with Gasteiger partial charge in [-0.05, 0) is 42.7 Å². The van der Waals surface area contributed by atoms with Gasteiger partial charge in [0.15, 0.2) is 5.65 Å². The molecule has 0 radical (unpaired) electrons. The Morgan fingerprint density at radius 3 is 2.82 bits per heavy atom. The zero-order valence-electron chi connectivity index (χ0n) is 16.5. The molecule has 0 unspecified atom stereocenters. The van der Waals surface area contributed by atoms with Gasteiger partial charge >= 0.3 is 0 Å². The van der Waals surface area contributed by atoms with E-state index < -0.39 is 0 Å². The van der Waals surface area contributed by atoms with E-state index in [0.29, 0.717) is 19.7 Å². The van der Waals surface area contributed by atoms with Crippen LogP contribution in [0.2, 0.25) is 0 Å². The maximum Gasteiger partial charge on any atom is 0.253 e. The van der Waals surface area contributed by atoms with Crippen LogP contribution in [0.3, 0.4) is 0 Å².